The normalized spacial score (nSPS) is 21.8. The molecular formula is C18H26F3N3S. The third-order valence-corrected chi connectivity index (χ3v) is 4.58. The number of halogens is 3. The van der Waals surface area contributed by atoms with Crippen LogP contribution in [0, 0.1) is 11.8 Å². The van der Waals surface area contributed by atoms with Crippen LogP contribution < -0.4 is 10.6 Å². The largest absolute Gasteiger partial charge is 0.416 e. The van der Waals surface area contributed by atoms with Crippen LogP contribution in [0.25, 0.3) is 0 Å². The summed E-state index contributed by atoms with van der Waals surface area (Å²) in [5, 5.41) is 6.22. The van der Waals surface area contributed by atoms with Gasteiger partial charge in [-0.25, -0.2) is 0 Å². The maximum absolute atomic E-state index is 12.7. The van der Waals surface area contributed by atoms with Crippen molar-refractivity contribution in [1.82, 2.24) is 10.2 Å². The van der Waals surface area contributed by atoms with Crippen LogP contribution in [-0.2, 0) is 6.18 Å². The van der Waals surface area contributed by atoms with Crippen LogP contribution >= 0.6 is 12.2 Å². The van der Waals surface area contributed by atoms with E-state index in [1.807, 2.05) is 0 Å². The molecule has 140 valence electrons. The molecule has 2 N–H and O–H groups in total. The molecule has 0 spiro atoms. The lowest BCUT2D eigenvalue weighted by Gasteiger charge is -2.35. The van der Waals surface area contributed by atoms with Crippen LogP contribution in [0.3, 0.4) is 0 Å². The number of nitrogens with zero attached hydrogens (tertiary/aromatic N) is 1. The molecule has 25 heavy (non-hydrogen) atoms. The minimum atomic E-state index is -4.35. The summed E-state index contributed by atoms with van der Waals surface area (Å²) in [6.07, 6.45) is -2.11. The molecule has 1 aliphatic rings. The molecule has 1 aliphatic heterocycles. The molecule has 0 radical (unpaired) electrons. The number of anilines is 1. The van der Waals surface area contributed by atoms with Crippen LogP contribution in [0.4, 0.5) is 18.9 Å². The summed E-state index contributed by atoms with van der Waals surface area (Å²) in [4.78, 5) is 2.48. The third kappa shape index (κ3) is 6.82. The average molecular weight is 373 g/mol. The lowest BCUT2D eigenvalue weighted by Crippen LogP contribution is -2.40. The summed E-state index contributed by atoms with van der Waals surface area (Å²) >= 11 is 5.16. The molecule has 3 nitrogen and oxygen atoms in total. The molecule has 2 rings (SSSR count). The van der Waals surface area contributed by atoms with Gasteiger partial charge in [0.1, 0.15) is 0 Å². The van der Waals surface area contributed by atoms with Gasteiger partial charge >= 0.3 is 6.18 Å². The molecule has 0 saturated carbocycles. The van der Waals surface area contributed by atoms with E-state index in [1.54, 1.807) is 6.07 Å². The van der Waals surface area contributed by atoms with Gasteiger partial charge in [0.25, 0.3) is 0 Å². The first-order valence-electron chi connectivity index (χ1n) is 8.68. The summed E-state index contributed by atoms with van der Waals surface area (Å²) in [6, 6.07) is 5.04. The second kappa shape index (κ2) is 8.85. The van der Waals surface area contributed by atoms with Crippen LogP contribution in [0.15, 0.2) is 24.3 Å². The Bertz CT molecular complexity index is 567. The quantitative estimate of drug-likeness (QED) is 0.592. The molecule has 7 heteroatoms. The molecule has 0 aromatic heterocycles. The number of alkyl halides is 3. The molecule has 0 aliphatic carbocycles. The first-order chi connectivity index (χ1) is 11.7. The molecule has 1 fully saturated rings. The average Bonchev–Trinajstić information content (AvgIpc) is 2.50. The fourth-order valence-corrected chi connectivity index (χ4v) is 3.65. The Hall–Kier alpha value is -1.34. The Morgan fingerprint density at radius 1 is 1.24 bits per heavy atom. The van der Waals surface area contributed by atoms with Gasteiger partial charge in [-0.15, -0.1) is 0 Å². The van der Waals surface area contributed by atoms with E-state index >= 15 is 0 Å². The van der Waals surface area contributed by atoms with Gasteiger partial charge in [-0.3, -0.25) is 0 Å². The van der Waals surface area contributed by atoms with Crippen molar-refractivity contribution in [3.63, 3.8) is 0 Å². The molecule has 1 saturated heterocycles. The van der Waals surface area contributed by atoms with E-state index in [1.165, 1.54) is 12.5 Å². The summed E-state index contributed by atoms with van der Waals surface area (Å²) in [7, 11) is 0. The monoisotopic (exact) mass is 373 g/mol. The smallest absolute Gasteiger partial charge is 0.362 e. The van der Waals surface area contributed by atoms with Crippen molar-refractivity contribution >= 4 is 23.0 Å². The van der Waals surface area contributed by atoms with Crippen molar-refractivity contribution in [1.29, 1.82) is 0 Å². The van der Waals surface area contributed by atoms with Gasteiger partial charge in [0.15, 0.2) is 5.11 Å². The second-order valence-electron chi connectivity index (χ2n) is 7.02. The van der Waals surface area contributed by atoms with Gasteiger partial charge in [-0.2, -0.15) is 13.2 Å². The summed E-state index contributed by atoms with van der Waals surface area (Å²) in [6.45, 7) is 8.55. The molecule has 1 aromatic rings. The van der Waals surface area contributed by atoms with E-state index in [0.29, 0.717) is 17.3 Å². The summed E-state index contributed by atoms with van der Waals surface area (Å²) in [5.41, 5.74) is -0.348. The lowest BCUT2D eigenvalue weighted by molar-refractivity contribution is -0.137. The third-order valence-electron chi connectivity index (χ3n) is 4.33. The Balaban J connectivity index is 1.71. The first kappa shape index (κ1) is 20.0. The molecule has 2 unspecified atom stereocenters. The van der Waals surface area contributed by atoms with Crippen molar-refractivity contribution in [2.45, 2.75) is 32.9 Å². The maximum atomic E-state index is 12.7. The minimum absolute atomic E-state index is 0.339. The maximum Gasteiger partial charge on any atom is 0.416 e. The molecule has 1 aromatic carbocycles. The van der Waals surface area contributed by atoms with E-state index in [0.717, 1.165) is 50.0 Å². The van der Waals surface area contributed by atoms with E-state index in [4.69, 9.17) is 12.2 Å². The predicted octanol–water partition coefficient (Wildman–Crippen LogP) is 4.36. The minimum Gasteiger partial charge on any atom is -0.362 e. The molecule has 2 atom stereocenters. The van der Waals surface area contributed by atoms with Crippen molar-refractivity contribution in [2.75, 3.05) is 31.5 Å². The number of likely N-dealkylation sites (tertiary alicyclic amines) is 1. The van der Waals surface area contributed by atoms with Gasteiger partial charge < -0.3 is 15.5 Å². The van der Waals surface area contributed by atoms with E-state index < -0.39 is 11.7 Å². The van der Waals surface area contributed by atoms with Crippen LogP contribution in [0.5, 0.6) is 0 Å². The highest BCUT2D eigenvalue weighted by atomic mass is 32.1. The Kier molecular flexibility index (Phi) is 7.07. The SMILES string of the molecule is CC1CC(C)CN(CCCNC(=S)Nc2cccc(C(F)(F)F)c2)C1. The van der Waals surface area contributed by atoms with E-state index in [2.05, 4.69) is 29.4 Å². The van der Waals surface area contributed by atoms with E-state index in [-0.39, 0.29) is 0 Å². The number of nitrogens with one attached hydrogen (secondary N) is 2. The zero-order chi connectivity index (χ0) is 18.4. The number of rotatable bonds is 5. The van der Waals surface area contributed by atoms with Gasteiger partial charge in [-0.1, -0.05) is 19.9 Å². The van der Waals surface area contributed by atoms with Gasteiger partial charge in [-0.05, 0) is 61.6 Å². The van der Waals surface area contributed by atoms with Crippen LogP contribution in [0.1, 0.15) is 32.3 Å². The topological polar surface area (TPSA) is 27.3 Å². The van der Waals surface area contributed by atoms with Gasteiger partial charge in [0.05, 0.1) is 5.56 Å². The highest BCUT2D eigenvalue weighted by Crippen LogP contribution is 2.30. The van der Waals surface area contributed by atoms with Crippen molar-refractivity contribution < 1.29 is 13.2 Å². The molecular weight excluding hydrogens is 347 g/mol. The highest BCUT2D eigenvalue weighted by molar-refractivity contribution is 7.80. The highest BCUT2D eigenvalue weighted by Gasteiger charge is 2.30. The molecule has 0 amide bonds. The predicted molar refractivity (Wildman–Crippen MR) is 99.7 cm³/mol. The van der Waals surface area contributed by atoms with Crippen LogP contribution in [0.2, 0.25) is 0 Å². The number of piperidine rings is 1. The number of hydrogen-bond donors (Lipinski definition) is 2. The van der Waals surface area contributed by atoms with Crippen molar-refractivity contribution in [3.8, 4) is 0 Å². The number of thiocarbonyl (C=S) groups is 1. The Labute approximate surface area is 153 Å². The Morgan fingerprint density at radius 3 is 2.56 bits per heavy atom. The zero-order valence-electron chi connectivity index (χ0n) is 14.7. The standard InChI is InChI=1S/C18H26F3N3S/c1-13-9-14(2)12-24(11-13)8-4-7-22-17(25)23-16-6-3-5-15(10-16)18(19,20)21/h3,5-6,10,13-14H,4,7-9,11-12H2,1-2H3,(H2,22,23,25). The first-order valence-corrected chi connectivity index (χ1v) is 9.09. The van der Waals surface area contributed by atoms with Crippen molar-refractivity contribution in [3.05, 3.63) is 29.8 Å². The molecule has 1 heterocycles. The Morgan fingerprint density at radius 2 is 1.92 bits per heavy atom. The fraction of sp³-hybridized carbons (Fsp3) is 0.611. The summed E-state index contributed by atoms with van der Waals surface area (Å²) < 4.78 is 38.1. The van der Waals surface area contributed by atoms with Crippen LogP contribution in [-0.4, -0.2) is 36.2 Å². The van der Waals surface area contributed by atoms with Gasteiger partial charge in [0.2, 0.25) is 0 Å². The number of hydrogen-bond acceptors (Lipinski definition) is 2. The zero-order valence-corrected chi connectivity index (χ0v) is 15.5. The van der Waals surface area contributed by atoms with Gasteiger partial charge in [0, 0.05) is 25.3 Å². The summed E-state index contributed by atoms with van der Waals surface area (Å²) in [5.74, 6) is 1.47. The fourth-order valence-electron chi connectivity index (χ4n) is 3.43. The van der Waals surface area contributed by atoms with E-state index in [9.17, 15) is 13.2 Å². The number of benzene rings is 1. The van der Waals surface area contributed by atoms with Crippen molar-refractivity contribution in [2.24, 2.45) is 11.8 Å². The lowest BCUT2D eigenvalue weighted by atomic mass is 9.92. The second-order valence-corrected chi connectivity index (χ2v) is 7.43. The molecule has 0 bridgehead atoms.